The lowest BCUT2D eigenvalue weighted by Crippen LogP contribution is -2.39. The third-order valence-electron chi connectivity index (χ3n) is 2.99. The summed E-state index contributed by atoms with van der Waals surface area (Å²) in [6.45, 7) is 5.38. The summed E-state index contributed by atoms with van der Waals surface area (Å²) >= 11 is 0. The molecule has 0 bridgehead atoms. The number of H-pyrrole nitrogens is 1. The number of aromatic nitrogens is 1. The van der Waals surface area contributed by atoms with Crippen molar-refractivity contribution in [3.63, 3.8) is 0 Å². The Labute approximate surface area is 123 Å². The fraction of sp³-hybridized carbons (Fsp3) is 0.375. The molecule has 2 aromatic rings. The summed E-state index contributed by atoms with van der Waals surface area (Å²) in [6, 6.07) is 8.11. The molecule has 1 aromatic heterocycles. The maximum absolute atomic E-state index is 12.0. The van der Waals surface area contributed by atoms with Crippen LogP contribution in [-0.4, -0.2) is 22.6 Å². The standard InChI is InChI=1S/C16H20N2O3/c1-16(2,3)21-15(20)12(17)8-10-9-14(19)18-13-7-5-4-6-11(10)13/h4-7,9,12H,8,17H2,1-3H3,(H,18,19). The van der Waals surface area contributed by atoms with Crippen molar-refractivity contribution in [2.24, 2.45) is 5.73 Å². The number of nitrogens with one attached hydrogen (secondary N) is 1. The first kappa shape index (κ1) is 15.3. The highest BCUT2D eigenvalue weighted by Crippen LogP contribution is 2.17. The van der Waals surface area contributed by atoms with E-state index in [9.17, 15) is 9.59 Å². The van der Waals surface area contributed by atoms with Crippen LogP contribution in [0.2, 0.25) is 0 Å². The summed E-state index contributed by atoms with van der Waals surface area (Å²) in [5, 5.41) is 0.885. The van der Waals surface area contributed by atoms with Gasteiger partial charge in [-0.3, -0.25) is 9.59 Å². The lowest BCUT2D eigenvalue weighted by molar-refractivity contribution is -0.156. The van der Waals surface area contributed by atoms with Crippen LogP contribution < -0.4 is 11.3 Å². The fourth-order valence-corrected chi connectivity index (χ4v) is 2.14. The van der Waals surface area contributed by atoms with Crippen LogP contribution in [0, 0.1) is 0 Å². The Morgan fingerprint density at radius 3 is 2.67 bits per heavy atom. The van der Waals surface area contributed by atoms with Gasteiger partial charge in [0.1, 0.15) is 11.6 Å². The van der Waals surface area contributed by atoms with Gasteiger partial charge >= 0.3 is 5.97 Å². The molecule has 3 N–H and O–H groups in total. The lowest BCUT2D eigenvalue weighted by Gasteiger charge is -2.22. The zero-order valence-corrected chi connectivity index (χ0v) is 12.5. The van der Waals surface area contributed by atoms with Crippen LogP contribution in [0.5, 0.6) is 0 Å². The molecule has 1 heterocycles. The minimum Gasteiger partial charge on any atom is -0.459 e. The van der Waals surface area contributed by atoms with Gasteiger partial charge in [-0.1, -0.05) is 18.2 Å². The maximum atomic E-state index is 12.0. The molecule has 1 aromatic carbocycles. The molecule has 0 saturated carbocycles. The van der Waals surface area contributed by atoms with E-state index in [-0.39, 0.29) is 12.0 Å². The summed E-state index contributed by atoms with van der Waals surface area (Å²) in [6.07, 6.45) is 0.263. The summed E-state index contributed by atoms with van der Waals surface area (Å²) < 4.78 is 5.26. The number of carbonyl (C=O) groups excluding carboxylic acids is 1. The van der Waals surface area contributed by atoms with E-state index in [0.717, 1.165) is 16.5 Å². The van der Waals surface area contributed by atoms with Crippen molar-refractivity contribution in [3.8, 4) is 0 Å². The number of esters is 1. The van der Waals surface area contributed by atoms with Gasteiger partial charge < -0.3 is 15.5 Å². The molecule has 1 atom stereocenters. The summed E-state index contributed by atoms with van der Waals surface area (Å²) in [5.74, 6) is -0.466. The average molecular weight is 288 g/mol. The first-order chi connectivity index (χ1) is 9.76. The molecule has 1 unspecified atom stereocenters. The molecule has 0 saturated heterocycles. The van der Waals surface area contributed by atoms with Gasteiger partial charge in [-0.15, -0.1) is 0 Å². The molecular formula is C16H20N2O3. The molecule has 5 nitrogen and oxygen atoms in total. The predicted molar refractivity (Wildman–Crippen MR) is 82.1 cm³/mol. The van der Waals surface area contributed by atoms with E-state index in [1.54, 1.807) is 20.8 Å². The van der Waals surface area contributed by atoms with Crippen LogP contribution in [0.1, 0.15) is 26.3 Å². The minimum absolute atomic E-state index is 0.208. The quantitative estimate of drug-likeness (QED) is 0.842. The first-order valence-corrected chi connectivity index (χ1v) is 6.86. The Morgan fingerprint density at radius 1 is 1.33 bits per heavy atom. The molecule has 0 aliphatic carbocycles. The normalized spacial score (nSPS) is 13.1. The molecule has 0 fully saturated rings. The summed E-state index contributed by atoms with van der Waals surface area (Å²) in [5.41, 5.74) is 6.60. The lowest BCUT2D eigenvalue weighted by atomic mass is 10.0. The van der Waals surface area contributed by atoms with Crippen molar-refractivity contribution >= 4 is 16.9 Å². The van der Waals surface area contributed by atoms with Gasteiger partial charge in [0, 0.05) is 17.0 Å². The molecule has 112 valence electrons. The SMILES string of the molecule is CC(C)(C)OC(=O)C(N)Cc1cc(=O)[nH]c2ccccc12. The number of ether oxygens (including phenoxy) is 1. The number of fused-ring (bicyclic) bond motifs is 1. The number of aromatic amines is 1. The van der Waals surface area contributed by atoms with E-state index < -0.39 is 17.6 Å². The third-order valence-corrected chi connectivity index (χ3v) is 2.99. The number of para-hydroxylation sites is 1. The topological polar surface area (TPSA) is 85.2 Å². The highest BCUT2D eigenvalue weighted by atomic mass is 16.6. The molecular weight excluding hydrogens is 268 g/mol. The van der Waals surface area contributed by atoms with Crippen LogP contribution in [0.25, 0.3) is 10.9 Å². The molecule has 0 radical (unpaired) electrons. The van der Waals surface area contributed by atoms with E-state index in [2.05, 4.69) is 4.98 Å². The van der Waals surface area contributed by atoms with Crippen LogP contribution in [0.3, 0.4) is 0 Å². The Hall–Kier alpha value is -2.14. The highest BCUT2D eigenvalue weighted by molar-refractivity contribution is 5.83. The number of hydrogen-bond acceptors (Lipinski definition) is 4. The van der Waals surface area contributed by atoms with Crippen molar-refractivity contribution in [2.45, 2.75) is 38.8 Å². The van der Waals surface area contributed by atoms with E-state index in [4.69, 9.17) is 10.5 Å². The fourth-order valence-electron chi connectivity index (χ4n) is 2.14. The Morgan fingerprint density at radius 2 is 2.00 bits per heavy atom. The molecule has 0 aliphatic heterocycles. The second kappa shape index (κ2) is 5.69. The smallest absolute Gasteiger partial charge is 0.323 e. The van der Waals surface area contributed by atoms with Crippen LogP contribution in [-0.2, 0) is 16.0 Å². The third kappa shape index (κ3) is 3.92. The Balaban J connectivity index is 2.27. The van der Waals surface area contributed by atoms with Gasteiger partial charge in [0.05, 0.1) is 0 Å². The molecule has 0 spiro atoms. The number of benzene rings is 1. The van der Waals surface area contributed by atoms with Crippen LogP contribution >= 0.6 is 0 Å². The molecule has 2 rings (SSSR count). The van der Waals surface area contributed by atoms with E-state index in [0.29, 0.717) is 0 Å². The van der Waals surface area contributed by atoms with Crippen LogP contribution in [0.15, 0.2) is 35.1 Å². The van der Waals surface area contributed by atoms with Gasteiger partial charge in [0.15, 0.2) is 0 Å². The van der Waals surface area contributed by atoms with Gasteiger partial charge in [-0.2, -0.15) is 0 Å². The molecule has 0 amide bonds. The average Bonchev–Trinajstić information content (AvgIpc) is 2.36. The van der Waals surface area contributed by atoms with Gasteiger partial charge in [-0.25, -0.2) is 0 Å². The number of pyridine rings is 1. The maximum Gasteiger partial charge on any atom is 0.323 e. The summed E-state index contributed by atoms with van der Waals surface area (Å²) in [4.78, 5) is 26.4. The number of hydrogen-bond donors (Lipinski definition) is 2. The predicted octanol–water partition coefficient (Wildman–Crippen LogP) is 1.74. The molecule has 5 heteroatoms. The summed E-state index contributed by atoms with van der Waals surface area (Å²) in [7, 11) is 0. The molecule has 21 heavy (non-hydrogen) atoms. The van der Waals surface area contributed by atoms with Crippen LogP contribution in [0.4, 0.5) is 0 Å². The first-order valence-electron chi connectivity index (χ1n) is 6.86. The van der Waals surface area contributed by atoms with Gasteiger partial charge in [0.25, 0.3) is 0 Å². The highest BCUT2D eigenvalue weighted by Gasteiger charge is 2.23. The van der Waals surface area contributed by atoms with Crippen molar-refractivity contribution in [3.05, 3.63) is 46.2 Å². The second-order valence-electron chi connectivity index (χ2n) is 6.05. The largest absolute Gasteiger partial charge is 0.459 e. The number of rotatable bonds is 3. The van der Waals surface area contributed by atoms with Crippen molar-refractivity contribution in [1.82, 2.24) is 4.98 Å². The van der Waals surface area contributed by atoms with Gasteiger partial charge in [-0.05, 0) is 38.8 Å². The van der Waals surface area contributed by atoms with Crippen molar-refractivity contribution in [2.75, 3.05) is 0 Å². The monoisotopic (exact) mass is 288 g/mol. The number of nitrogens with two attached hydrogens (primary N) is 1. The zero-order valence-electron chi connectivity index (χ0n) is 12.5. The zero-order chi connectivity index (χ0) is 15.6. The Bertz CT molecular complexity index is 713. The minimum atomic E-state index is -0.797. The van der Waals surface area contributed by atoms with Crippen molar-refractivity contribution in [1.29, 1.82) is 0 Å². The van der Waals surface area contributed by atoms with E-state index in [1.165, 1.54) is 6.07 Å². The number of carbonyl (C=O) groups is 1. The second-order valence-corrected chi connectivity index (χ2v) is 6.05. The Kier molecular flexibility index (Phi) is 4.14. The van der Waals surface area contributed by atoms with Gasteiger partial charge in [0.2, 0.25) is 5.56 Å². The van der Waals surface area contributed by atoms with Crippen molar-refractivity contribution < 1.29 is 9.53 Å². The molecule has 0 aliphatic rings. The van der Waals surface area contributed by atoms with E-state index >= 15 is 0 Å². The van der Waals surface area contributed by atoms with E-state index in [1.807, 2.05) is 24.3 Å².